The Bertz CT molecular complexity index is 1890. The number of carbonyl (C=O) groups is 2. The highest BCUT2D eigenvalue weighted by Gasteiger charge is 2.52. The van der Waals surface area contributed by atoms with E-state index in [2.05, 4.69) is 19.8 Å². The van der Waals surface area contributed by atoms with Crippen molar-refractivity contribution in [2.45, 2.75) is 77.5 Å². The molecule has 2 aromatic rings. The topological polar surface area (TPSA) is 126 Å². The van der Waals surface area contributed by atoms with Crippen molar-refractivity contribution >= 4 is 27.8 Å². The maximum atomic E-state index is 14.4. The Balaban J connectivity index is 0.897. The van der Waals surface area contributed by atoms with E-state index >= 15 is 0 Å². The van der Waals surface area contributed by atoms with Crippen molar-refractivity contribution in [3.05, 3.63) is 54.3 Å². The molecule has 0 unspecified atom stereocenters. The molecule has 1 aromatic carbocycles. The van der Waals surface area contributed by atoms with Gasteiger partial charge in [0.05, 0.1) is 11.8 Å². The summed E-state index contributed by atoms with van der Waals surface area (Å²) in [5.74, 6) is 0.771. The van der Waals surface area contributed by atoms with E-state index in [1.54, 1.807) is 25.8 Å². The molecule has 306 valence electrons. The second kappa shape index (κ2) is 16.3. The third kappa shape index (κ3) is 8.31. The third-order valence-electron chi connectivity index (χ3n) is 12.3. The number of fused-ring (bicyclic) bond motifs is 2. The van der Waals surface area contributed by atoms with E-state index < -0.39 is 16.0 Å². The SMILES string of the molecule is CC(C)N(C(=O)c1cc(F)ccc1Oc1cncnc1N1CC2(CCN(C[C@@H]3CCN(S(=O)(=O)N4C[C@@H]5C[C@H]4CN5C(=O)/C=C/CN(C)C)C3)CC2)C1)C(C)C. The molecule has 56 heavy (non-hydrogen) atoms. The van der Waals surface area contributed by atoms with Gasteiger partial charge in [-0.25, -0.2) is 14.4 Å². The zero-order chi connectivity index (χ0) is 39.9. The van der Waals surface area contributed by atoms with Crippen LogP contribution in [0.3, 0.4) is 0 Å². The fourth-order valence-electron chi connectivity index (χ4n) is 9.45. The quantitative estimate of drug-likeness (QED) is 0.278. The minimum atomic E-state index is -3.59. The zero-order valence-electron chi connectivity index (χ0n) is 33.7. The molecule has 5 aliphatic rings. The predicted octanol–water partition coefficient (Wildman–Crippen LogP) is 3.54. The lowest BCUT2D eigenvalue weighted by atomic mass is 9.72. The second-order valence-corrected chi connectivity index (χ2v) is 19.2. The van der Waals surface area contributed by atoms with Crippen LogP contribution in [0.1, 0.15) is 63.7 Å². The molecule has 0 aliphatic carbocycles. The third-order valence-corrected chi connectivity index (χ3v) is 14.3. The standard InChI is InChI=1S/C40H58FN9O5S/c1-28(2)50(29(3)4)39(52)34-18-31(41)9-10-35(34)55-36-20-42-27-43-38(36)46-25-40(26-46)12-16-45(17-13-40)21-30-11-15-47(22-30)56(53,54)49-24-32-19-33(49)23-48(32)37(51)8-7-14-44(5)6/h7-10,18,20,27-30,32-33H,11-17,19,21-26H2,1-6H3/b8-7+/t30-,32-,33-/m0/s1. The number of amides is 2. The highest BCUT2D eigenvalue weighted by molar-refractivity contribution is 7.86. The number of halogens is 1. The van der Waals surface area contributed by atoms with Crippen molar-refractivity contribution in [3.8, 4) is 11.5 Å². The van der Waals surface area contributed by atoms with Gasteiger partial charge < -0.3 is 29.2 Å². The monoisotopic (exact) mass is 795 g/mol. The van der Waals surface area contributed by atoms with E-state index in [-0.39, 0.29) is 58.6 Å². The van der Waals surface area contributed by atoms with E-state index in [1.807, 2.05) is 57.7 Å². The number of piperidine rings is 1. The number of piperazine rings is 1. The van der Waals surface area contributed by atoms with Crippen LogP contribution >= 0.6 is 0 Å². The predicted molar refractivity (Wildman–Crippen MR) is 212 cm³/mol. The lowest BCUT2D eigenvalue weighted by Gasteiger charge is -2.54. The molecule has 0 radical (unpaired) electrons. The zero-order valence-corrected chi connectivity index (χ0v) is 34.5. The Kier molecular flexibility index (Phi) is 11.8. The van der Waals surface area contributed by atoms with Crippen molar-refractivity contribution in [1.29, 1.82) is 0 Å². The molecule has 6 heterocycles. The summed E-state index contributed by atoms with van der Waals surface area (Å²) in [5.41, 5.74) is 0.312. The summed E-state index contributed by atoms with van der Waals surface area (Å²) in [6.45, 7) is 14.8. The Morgan fingerprint density at radius 1 is 1.02 bits per heavy atom. The van der Waals surface area contributed by atoms with Crippen LogP contribution in [-0.4, -0.2) is 162 Å². The van der Waals surface area contributed by atoms with Crippen LogP contribution in [-0.2, 0) is 15.0 Å². The van der Waals surface area contributed by atoms with Crippen LogP contribution in [0.5, 0.6) is 11.5 Å². The van der Waals surface area contributed by atoms with Gasteiger partial charge in [-0.1, -0.05) is 6.08 Å². The number of ether oxygens (including phenoxy) is 1. The first-order valence-corrected chi connectivity index (χ1v) is 21.5. The Morgan fingerprint density at radius 3 is 2.41 bits per heavy atom. The molecule has 0 saturated carbocycles. The molecule has 16 heteroatoms. The number of carbonyl (C=O) groups excluding carboxylic acids is 2. The van der Waals surface area contributed by atoms with Crippen molar-refractivity contribution in [2.24, 2.45) is 11.3 Å². The molecule has 2 amide bonds. The minimum Gasteiger partial charge on any atom is -0.451 e. The summed E-state index contributed by atoms with van der Waals surface area (Å²) < 4.78 is 51.7. The normalized spacial score (nSPS) is 24.4. The van der Waals surface area contributed by atoms with Gasteiger partial charge >= 0.3 is 0 Å². The van der Waals surface area contributed by atoms with Gasteiger partial charge in [-0.15, -0.1) is 0 Å². The van der Waals surface area contributed by atoms with Crippen molar-refractivity contribution in [1.82, 2.24) is 38.2 Å². The lowest BCUT2D eigenvalue weighted by Crippen LogP contribution is -2.61. The molecule has 1 aromatic heterocycles. The fraction of sp³-hybridized carbons (Fsp3) is 0.650. The first-order chi connectivity index (χ1) is 26.6. The summed E-state index contributed by atoms with van der Waals surface area (Å²) >= 11 is 0. The van der Waals surface area contributed by atoms with E-state index in [1.165, 1.54) is 24.5 Å². The van der Waals surface area contributed by atoms with Crippen molar-refractivity contribution in [2.75, 3.05) is 84.4 Å². The average Bonchev–Trinajstić information content (AvgIpc) is 3.89. The summed E-state index contributed by atoms with van der Waals surface area (Å²) in [6, 6.07) is 3.64. The molecule has 14 nitrogen and oxygen atoms in total. The molecule has 5 fully saturated rings. The van der Waals surface area contributed by atoms with Gasteiger partial charge in [0.1, 0.15) is 17.9 Å². The molecule has 3 atom stereocenters. The number of anilines is 1. The smallest absolute Gasteiger partial charge is 0.282 e. The number of hydrogen-bond donors (Lipinski definition) is 0. The van der Waals surface area contributed by atoms with Crippen LogP contribution in [0.15, 0.2) is 42.9 Å². The number of nitrogens with zero attached hydrogens (tertiary/aromatic N) is 9. The maximum absolute atomic E-state index is 14.4. The van der Waals surface area contributed by atoms with E-state index in [9.17, 15) is 22.4 Å². The number of likely N-dealkylation sites (tertiary alicyclic amines) is 2. The molecule has 7 rings (SSSR count). The van der Waals surface area contributed by atoms with Gasteiger partial charge in [0.15, 0.2) is 11.6 Å². The van der Waals surface area contributed by atoms with Gasteiger partial charge in [0.2, 0.25) is 5.91 Å². The van der Waals surface area contributed by atoms with Crippen molar-refractivity contribution in [3.63, 3.8) is 0 Å². The maximum Gasteiger partial charge on any atom is 0.282 e. The minimum absolute atomic E-state index is 0.0339. The van der Waals surface area contributed by atoms with Gasteiger partial charge in [-0.05, 0) is 105 Å². The van der Waals surface area contributed by atoms with Crippen LogP contribution in [0.2, 0.25) is 0 Å². The average molecular weight is 796 g/mol. The number of aromatic nitrogens is 2. The Morgan fingerprint density at radius 2 is 1.75 bits per heavy atom. The van der Waals surface area contributed by atoms with E-state index in [4.69, 9.17) is 4.74 Å². The fourth-order valence-corrected chi connectivity index (χ4v) is 11.4. The van der Waals surface area contributed by atoms with Gasteiger partial charge in [-0.3, -0.25) is 9.59 Å². The van der Waals surface area contributed by atoms with Gasteiger partial charge in [0.25, 0.3) is 16.1 Å². The number of benzene rings is 1. The summed E-state index contributed by atoms with van der Waals surface area (Å²) in [4.78, 5) is 45.4. The molecule has 5 saturated heterocycles. The first kappa shape index (κ1) is 40.5. The van der Waals surface area contributed by atoms with E-state index in [0.717, 1.165) is 52.0 Å². The summed E-state index contributed by atoms with van der Waals surface area (Å²) in [5, 5.41) is 0. The van der Waals surface area contributed by atoms with Gasteiger partial charge in [-0.2, -0.15) is 17.0 Å². The molecular formula is C40H58FN9O5S. The molecule has 5 aliphatic heterocycles. The molecule has 0 N–H and O–H groups in total. The second-order valence-electron chi connectivity index (χ2n) is 17.3. The summed E-state index contributed by atoms with van der Waals surface area (Å²) in [7, 11) is 0.317. The van der Waals surface area contributed by atoms with Crippen LogP contribution in [0.4, 0.5) is 10.2 Å². The van der Waals surface area contributed by atoms with Gasteiger partial charge in [0, 0.05) is 88.0 Å². The first-order valence-electron chi connectivity index (χ1n) is 20.1. The van der Waals surface area contributed by atoms with Crippen molar-refractivity contribution < 1.29 is 27.1 Å². The Hall–Kier alpha value is -3.70. The van der Waals surface area contributed by atoms with Crippen LogP contribution in [0, 0.1) is 17.2 Å². The Labute approximate surface area is 331 Å². The largest absolute Gasteiger partial charge is 0.451 e. The lowest BCUT2D eigenvalue weighted by molar-refractivity contribution is -0.127. The van der Waals surface area contributed by atoms with Crippen LogP contribution < -0.4 is 9.64 Å². The molecule has 2 bridgehead atoms. The summed E-state index contributed by atoms with van der Waals surface area (Å²) in [6.07, 6.45) is 10.2. The molecule has 1 spiro atoms. The van der Waals surface area contributed by atoms with Crippen LogP contribution in [0.25, 0.3) is 0 Å². The number of likely N-dealkylation sites (N-methyl/N-ethyl adjacent to an activating group) is 1. The highest BCUT2D eigenvalue weighted by atomic mass is 32.2. The number of hydrogen-bond acceptors (Lipinski definition) is 10. The number of rotatable bonds is 13. The molecular weight excluding hydrogens is 738 g/mol. The van der Waals surface area contributed by atoms with E-state index in [0.29, 0.717) is 50.7 Å². The highest BCUT2D eigenvalue weighted by Crippen LogP contribution is 2.45.